The standard InChI is InChI=1S/C25H30O5S/c1-16-6-9-20-24(2,18(16)8-7-17-11-13-29-22(17)27)12-10-21(26)25(20,3)15-30-23(28)19-5-4-14-31-19/h4-5,7-8,11,14,18,20-21,26H,1,6,9-10,12-13,15H2,2-3H3/b8-7+/t18-,20?,21-,24+,25+/m1/s1. The van der Waals surface area contributed by atoms with Gasteiger partial charge in [-0.25, -0.2) is 9.59 Å². The van der Waals surface area contributed by atoms with Gasteiger partial charge in [0, 0.05) is 11.3 Å². The molecule has 0 amide bonds. The Morgan fingerprint density at radius 1 is 1.42 bits per heavy atom. The van der Waals surface area contributed by atoms with E-state index in [1.165, 1.54) is 11.3 Å². The maximum atomic E-state index is 12.5. The van der Waals surface area contributed by atoms with Crippen LogP contribution in [-0.2, 0) is 14.3 Å². The van der Waals surface area contributed by atoms with Crippen LogP contribution in [0.2, 0.25) is 0 Å². The van der Waals surface area contributed by atoms with Gasteiger partial charge < -0.3 is 14.6 Å². The minimum absolute atomic E-state index is 0.0837. The van der Waals surface area contributed by atoms with Crippen molar-refractivity contribution in [2.24, 2.45) is 22.7 Å². The van der Waals surface area contributed by atoms with E-state index in [2.05, 4.69) is 19.6 Å². The van der Waals surface area contributed by atoms with Crippen molar-refractivity contribution in [3.05, 3.63) is 58.3 Å². The monoisotopic (exact) mass is 442 g/mol. The molecule has 5 atom stereocenters. The van der Waals surface area contributed by atoms with Crippen LogP contribution >= 0.6 is 11.3 Å². The fourth-order valence-electron chi connectivity index (χ4n) is 5.87. The average Bonchev–Trinajstić information content (AvgIpc) is 3.41. The van der Waals surface area contributed by atoms with Gasteiger partial charge in [0.15, 0.2) is 0 Å². The van der Waals surface area contributed by atoms with Crippen molar-refractivity contribution in [2.45, 2.75) is 45.6 Å². The normalized spacial score (nSPS) is 35.6. The van der Waals surface area contributed by atoms with Gasteiger partial charge in [-0.2, -0.15) is 0 Å². The summed E-state index contributed by atoms with van der Waals surface area (Å²) in [6.07, 6.45) is 8.44. The van der Waals surface area contributed by atoms with Gasteiger partial charge >= 0.3 is 11.9 Å². The first-order chi connectivity index (χ1) is 14.8. The van der Waals surface area contributed by atoms with Crippen LogP contribution in [0.15, 0.2) is 53.5 Å². The lowest BCUT2D eigenvalue weighted by molar-refractivity contribution is -0.147. The summed E-state index contributed by atoms with van der Waals surface area (Å²) in [7, 11) is 0. The molecule has 0 spiro atoms. The lowest BCUT2D eigenvalue weighted by atomic mass is 9.46. The van der Waals surface area contributed by atoms with Crippen LogP contribution in [0, 0.1) is 22.7 Å². The van der Waals surface area contributed by atoms with Crippen molar-refractivity contribution < 1.29 is 24.2 Å². The maximum absolute atomic E-state index is 12.5. The molecule has 1 aromatic rings. The van der Waals surface area contributed by atoms with Crippen LogP contribution in [0.25, 0.3) is 0 Å². The molecule has 2 fully saturated rings. The number of hydrogen-bond acceptors (Lipinski definition) is 6. The summed E-state index contributed by atoms with van der Waals surface area (Å²) in [5.41, 5.74) is 1.05. The number of cyclic esters (lactones) is 1. The van der Waals surface area contributed by atoms with E-state index in [-0.39, 0.29) is 35.8 Å². The van der Waals surface area contributed by atoms with E-state index in [1.54, 1.807) is 12.1 Å². The molecule has 166 valence electrons. The summed E-state index contributed by atoms with van der Waals surface area (Å²) in [5, 5.41) is 12.9. The molecule has 5 nitrogen and oxygen atoms in total. The first-order valence-electron chi connectivity index (χ1n) is 10.9. The van der Waals surface area contributed by atoms with Crippen molar-refractivity contribution in [3.63, 3.8) is 0 Å². The van der Waals surface area contributed by atoms with Crippen molar-refractivity contribution >= 4 is 23.3 Å². The molecule has 4 rings (SSSR count). The molecule has 1 unspecified atom stereocenters. The second kappa shape index (κ2) is 8.40. The quantitative estimate of drug-likeness (QED) is 0.529. The van der Waals surface area contributed by atoms with Crippen LogP contribution in [-0.4, -0.2) is 36.4 Å². The number of aliphatic hydroxyl groups excluding tert-OH is 1. The number of carbonyl (C=O) groups is 2. The Morgan fingerprint density at radius 3 is 2.90 bits per heavy atom. The number of rotatable bonds is 5. The number of fused-ring (bicyclic) bond motifs is 1. The van der Waals surface area contributed by atoms with Crippen molar-refractivity contribution in [2.75, 3.05) is 13.2 Å². The number of allylic oxidation sites excluding steroid dienone is 2. The van der Waals surface area contributed by atoms with E-state index in [0.29, 0.717) is 23.5 Å². The van der Waals surface area contributed by atoms with Gasteiger partial charge in [-0.3, -0.25) is 0 Å². The van der Waals surface area contributed by atoms with Gasteiger partial charge in [0.25, 0.3) is 0 Å². The zero-order valence-electron chi connectivity index (χ0n) is 18.1. The highest BCUT2D eigenvalue weighted by Crippen LogP contribution is 2.61. The number of thiophene rings is 1. The van der Waals surface area contributed by atoms with Crippen molar-refractivity contribution in [1.82, 2.24) is 0 Å². The summed E-state index contributed by atoms with van der Waals surface area (Å²) in [4.78, 5) is 24.9. The second-order valence-electron chi connectivity index (χ2n) is 9.46. The Balaban J connectivity index is 1.57. The molecule has 1 aromatic heterocycles. The molecule has 6 heteroatoms. The highest BCUT2D eigenvalue weighted by atomic mass is 32.1. The van der Waals surface area contributed by atoms with E-state index < -0.39 is 11.5 Å². The SMILES string of the molecule is C=C1CCC2[C@](C)(COC(=O)c3cccs3)[C@H](O)CC[C@@]2(C)[C@@H]1/C=C/C1=CCOC1=O. The van der Waals surface area contributed by atoms with Crippen LogP contribution in [0.1, 0.15) is 49.2 Å². The van der Waals surface area contributed by atoms with Crippen LogP contribution in [0.3, 0.4) is 0 Å². The highest BCUT2D eigenvalue weighted by molar-refractivity contribution is 7.11. The molecule has 1 aliphatic heterocycles. The van der Waals surface area contributed by atoms with E-state index in [0.717, 1.165) is 24.8 Å². The largest absolute Gasteiger partial charge is 0.461 e. The van der Waals surface area contributed by atoms with Crippen LogP contribution in [0.5, 0.6) is 0 Å². The zero-order valence-corrected chi connectivity index (χ0v) is 19.0. The van der Waals surface area contributed by atoms with Gasteiger partial charge in [0.2, 0.25) is 0 Å². The summed E-state index contributed by atoms with van der Waals surface area (Å²) in [5.74, 6) is -0.382. The lowest BCUT2D eigenvalue weighted by Crippen LogP contribution is -2.57. The minimum atomic E-state index is -0.543. The molecule has 0 radical (unpaired) electrons. The maximum Gasteiger partial charge on any atom is 0.348 e. The van der Waals surface area contributed by atoms with Gasteiger partial charge in [-0.15, -0.1) is 11.3 Å². The molecule has 0 aromatic carbocycles. The Morgan fingerprint density at radius 2 is 2.23 bits per heavy atom. The Labute approximate surface area is 187 Å². The number of carbonyl (C=O) groups excluding carboxylic acids is 2. The summed E-state index contributed by atoms with van der Waals surface area (Å²) in [6.45, 7) is 9.15. The molecule has 31 heavy (non-hydrogen) atoms. The van der Waals surface area contributed by atoms with Gasteiger partial charge in [-0.05, 0) is 54.5 Å². The van der Waals surface area contributed by atoms with E-state index in [9.17, 15) is 14.7 Å². The van der Waals surface area contributed by atoms with E-state index >= 15 is 0 Å². The Kier molecular flexibility index (Phi) is 5.97. The summed E-state index contributed by atoms with van der Waals surface area (Å²) in [6, 6.07) is 3.58. The fraction of sp³-hybridized carbons (Fsp3) is 0.520. The molecular formula is C25H30O5S. The first kappa shape index (κ1) is 22.0. The predicted octanol–water partition coefficient (Wildman–Crippen LogP) is 4.69. The van der Waals surface area contributed by atoms with Gasteiger partial charge in [-0.1, -0.05) is 44.2 Å². The third-order valence-corrected chi connectivity index (χ3v) is 8.52. The lowest BCUT2D eigenvalue weighted by Gasteiger charge is -2.59. The Bertz CT molecular complexity index is 930. The van der Waals surface area contributed by atoms with E-state index in [1.807, 2.05) is 24.4 Å². The van der Waals surface area contributed by atoms with Crippen molar-refractivity contribution in [3.8, 4) is 0 Å². The van der Waals surface area contributed by atoms with E-state index in [4.69, 9.17) is 9.47 Å². The second-order valence-corrected chi connectivity index (χ2v) is 10.4. The van der Waals surface area contributed by atoms with Gasteiger partial charge in [0.05, 0.1) is 18.3 Å². The molecule has 0 bridgehead atoms. The molecule has 3 aliphatic rings. The first-order valence-corrected chi connectivity index (χ1v) is 11.8. The number of hydrogen-bond donors (Lipinski definition) is 1. The molecule has 2 aliphatic carbocycles. The Hall–Kier alpha value is -2.18. The molecule has 2 saturated carbocycles. The molecular weight excluding hydrogens is 412 g/mol. The summed E-state index contributed by atoms with van der Waals surface area (Å²) < 4.78 is 10.7. The molecule has 1 N–H and O–H groups in total. The van der Waals surface area contributed by atoms with Crippen LogP contribution < -0.4 is 0 Å². The molecule has 0 saturated heterocycles. The third kappa shape index (κ3) is 3.92. The number of esters is 2. The predicted molar refractivity (Wildman–Crippen MR) is 120 cm³/mol. The average molecular weight is 443 g/mol. The topological polar surface area (TPSA) is 72.8 Å². The number of aliphatic hydroxyl groups is 1. The smallest absolute Gasteiger partial charge is 0.348 e. The zero-order chi connectivity index (χ0) is 22.2. The summed E-state index contributed by atoms with van der Waals surface area (Å²) >= 11 is 1.36. The van der Waals surface area contributed by atoms with Gasteiger partial charge in [0.1, 0.15) is 11.5 Å². The van der Waals surface area contributed by atoms with Crippen molar-refractivity contribution in [1.29, 1.82) is 0 Å². The number of ether oxygens (including phenoxy) is 2. The third-order valence-electron chi connectivity index (χ3n) is 7.67. The minimum Gasteiger partial charge on any atom is -0.461 e. The molecule has 2 heterocycles. The van der Waals surface area contributed by atoms with Crippen LogP contribution in [0.4, 0.5) is 0 Å². The fourth-order valence-corrected chi connectivity index (χ4v) is 6.49. The highest BCUT2D eigenvalue weighted by Gasteiger charge is 2.57.